The third kappa shape index (κ3) is 2.97. The summed E-state index contributed by atoms with van der Waals surface area (Å²) >= 11 is 0. The van der Waals surface area contributed by atoms with Crippen molar-refractivity contribution in [2.45, 2.75) is 13.3 Å². The minimum absolute atomic E-state index is 0.0644. The smallest absolute Gasteiger partial charge is 0.185 e. The monoisotopic (exact) mass is 247 g/mol. The summed E-state index contributed by atoms with van der Waals surface area (Å²) in [6.45, 7) is 1.85. The van der Waals surface area contributed by atoms with Crippen LogP contribution < -0.4 is 0 Å². The first-order valence-electron chi connectivity index (χ1n) is 5.45. The first-order valence-corrected chi connectivity index (χ1v) is 5.45. The lowest BCUT2D eigenvalue weighted by atomic mass is 10.1. The summed E-state index contributed by atoms with van der Waals surface area (Å²) in [6.07, 6.45) is 1.47. The molecule has 0 aliphatic rings. The highest BCUT2D eigenvalue weighted by molar-refractivity contribution is 5.95. The van der Waals surface area contributed by atoms with Crippen molar-refractivity contribution < 1.29 is 13.6 Å². The average Bonchev–Trinajstić information content (AvgIpc) is 2.27. The molecular formula is C14H11F2NO. The molecule has 1 aromatic heterocycles. The number of carbonyl (C=O) groups is 1. The van der Waals surface area contributed by atoms with E-state index < -0.39 is 11.6 Å². The third-order valence-corrected chi connectivity index (χ3v) is 2.49. The lowest BCUT2D eigenvalue weighted by Crippen LogP contribution is -2.06. The van der Waals surface area contributed by atoms with Crippen molar-refractivity contribution in [1.29, 1.82) is 0 Å². The number of Topliss-reactive ketones (excluding diaryl/α,β-unsaturated/α-hetero) is 1. The number of halogens is 2. The lowest BCUT2D eigenvalue weighted by Gasteiger charge is -2.02. The zero-order chi connectivity index (χ0) is 13.1. The van der Waals surface area contributed by atoms with E-state index >= 15 is 0 Å². The van der Waals surface area contributed by atoms with Crippen LogP contribution in [0.4, 0.5) is 8.78 Å². The van der Waals surface area contributed by atoms with Crippen molar-refractivity contribution in [2.24, 2.45) is 0 Å². The van der Waals surface area contributed by atoms with Gasteiger partial charge in [-0.15, -0.1) is 0 Å². The molecular weight excluding hydrogens is 236 g/mol. The van der Waals surface area contributed by atoms with Gasteiger partial charge in [0.25, 0.3) is 0 Å². The van der Waals surface area contributed by atoms with Crippen LogP contribution >= 0.6 is 0 Å². The van der Waals surface area contributed by atoms with Gasteiger partial charge in [0, 0.05) is 18.7 Å². The van der Waals surface area contributed by atoms with Gasteiger partial charge >= 0.3 is 0 Å². The van der Waals surface area contributed by atoms with Gasteiger partial charge in [-0.25, -0.2) is 8.78 Å². The van der Waals surface area contributed by atoms with Crippen LogP contribution in [-0.2, 0) is 6.42 Å². The van der Waals surface area contributed by atoms with Gasteiger partial charge in [0.2, 0.25) is 0 Å². The Hall–Kier alpha value is -2.10. The number of ketones is 1. The van der Waals surface area contributed by atoms with Crippen molar-refractivity contribution >= 4 is 5.78 Å². The summed E-state index contributed by atoms with van der Waals surface area (Å²) in [4.78, 5) is 15.8. The number of rotatable bonds is 3. The Labute approximate surface area is 103 Å². The molecule has 0 fully saturated rings. The standard InChI is InChI=1S/C14H11F2NO/c1-9-2-3-17-13(4-9)14(18)7-10-5-11(15)8-12(16)6-10/h2-6,8H,7H2,1H3. The van der Waals surface area contributed by atoms with Gasteiger partial charge in [-0.2, -0.15) is 0 Å². The molecule has 2 rings (SSSR count). The number of hydrogen-bond donors (Lipinski definition) is 0. The molecule has 0 N–H and O–H groups in total. The highest BCUT2D eigenvalue weighted by Crippen LogP contribution is 2.11. The van der Waals surface area contributed by atoms with E-state index in [1.807, 2.05) is 6.92 Å². The summed E-state index contributed by atoms with van der Waals surface area (Å²) in [7, 11) is 0. The summed E-state index contributed by atoms with van der Waals surface area (Å²) < 4.78 is 26.0. The SMILES string of the molecule is Cc1ccnc(C(=O)Cc2cc(F)cc(F)c2)c1. The molecule has 0 bridgehead atoms. The first kappa shape index (κ1) is 12.4. The van der Waals surface area contributed by atoms with Crippen LogP contribution in [0.3, 0.4) is 0 Å². The Morgan fingerprint density at radius 2 is 1.83 bits per heavy atom. The van der Waals surface area contributed by atoms with E-state index in [9.17, 15) is 13.6 Å². The molecule has 0 radical (unpaired) electrons. The normalized spacial score (nSPS) is 10.4. The average molecular weight is 247 g/mol. The van der Waals surface area contributed by atoms with Crippen LogP contribution in [-0.4, -0.2) is 10.8 Å². The summed E-state index contributed by atoms with van der Waals surface area (Å²) in [5.74, 6) is -1.63. The van der Waals surface area contributed by atoms with Crippen LogP contribution in [0, 0.1) is 18.6 Å². The Balaban J connectivity index is 2.21. The topological polar surface area (TPSA) is 30.0 Å². The molecule has 92 valence electrons. The molecule has 1 aromatic carbocycles. The van der Waals surface area contributed by atoms with Crippen molar-refractivity contribution in [2.75, 3.05) is 0 Å². The molecule has 2 nitrogen and oxygen atoms in total. The number of carbonyl (C=O) groups excluding carboxylic acids is 1. The van der Waals surface area contributed by atoms with E-state index in [-0.39, 0.29) is 12.2 Å². The molecule has 0 unspecified atom stereocenters. The molecule has 1 heterocycles. The number of benzene rings is 1. The van der Waals surface area contributed by atoms with E-state index in [0.29, 0.717) is 11.3 Å². The van der Waals surface area contributed by atoms with Crippen molar-refractivity contribution in [3.8, 4) is 0 Å². The summed E-state index contributed by atoms with van der Waals surface area (Å²) in [5, 5.41) is 0. The van der Waals surface area contributed by atoms with Crippen molar-refractivity contribution in [1.82, 2.24) is 4.98 Å². The predicted octanol–water partition coefficient (Wildman–Crippen LogP) is 3.09. The van der Waals surface area contributed by atoms with Crippen LogP contribution in [0.2, 0.25) is 0 Å². The molecule has 18 heavy (non-hydrogen) atoms. The lowest BCUT2D eigenvalue weighted by molar-refractivity contribution is 0.0988. The zero-order valence-electron chi connectivity index (χ0n) is 9.78. The number of nitrogens with zero attached hydrogens (tertiary/aromatic N) is 1. The largest absolute Gasteiger partial charge is 0.292 e. The fourth-order valence-electron chi connectivity index (χ4n) is 1.68. The quantitative estimate of drug-likeness (QED) is 0.780. The second kappa shape index (κ2) is 5.04. The van der Waals surface area contributed by atoms with Gasteiger partial charge in [-0.05, 0) is 42.3 Å². The summed E-state index contributed by atoms with van der Waals surface area (Å²) in [5.41, 5.74) is 1.53. The van der Waals surface area contributed by atoms with Crippen LogP contribution in [0.1, 0.15) is 21.6 Å². The van der Waals surface area contributed by atoms with Gasteiger partial charge in [0.05, 0.1) is 0 Å². The highest BCUT2D eigenvalue weighted by atomic mass is 19.1. The maximum absolute atomic E-state index is 13.0. The molecule has 2 aromatic rings. The van der Waals surface area contributed by atoms with Gasteiger partial charge in [-0.3, -0.25) is 9.78 Å². The van der Waals surface area contributed by atoms with Crippen molar-refractivity contribution in [3.63, 3.8) is 0 Å². The Kier molecular flexibility index (Phi) is 3.46. The van der Waals surface area contributed by atoms with Gasteiger partial charge < -0.3 is 0 Å². The van der Waals surface area contributed by atoms with Crippen LogP contribution in [0.25, 0.3) is 0 Å². The number of hydrogen-bond acceptors (Lipinski definition) is 2. The Morgan fingerprint density at radius 3 is 2.44 bits per heavy atom. The van der Waals surface area contributed by atoms with E-state index in [2.05, 4.69) is 4.98 Å². The van der Waals surface area contributed by atoms with E-state index in [1.54, 1.807) is 12.1 Å². The molecule has 0 spiro atoms. The van der Waals surface area contributed by atoms with Crippen LogP contribution in [0.15, 0.2) is 36.5 Å². The fourth-order valence-corrected chi connectivity index (χ4v) is 1.68. The number of pyridine rings is 1. The number of aromatic nitrogens is 1. The highest BCUT2D eigenvalue weighted by Gasteiger charge is 2.10. The van der Waals surface area contributed by atoms with E-state index in [1.165, 1.54) is 6.20 Å². The van der Waals surface area contributed by atoms with Gasteiger partial charge in [0.15, 0.2) is 5.78 Å². The molecule has 0 atom stereocenters. The maximum Gasteiger partial charge on any atom is 0.185 e. The molecule has 0 amide bonds. The van der Waals surface area contributed by atoms with Gasteiger partial charge in [0.1, 0.15) is 17.3 Å². The molecule has 4 heteroatoms. The second-order valence-electron chi connectivity index (χ2n) is 4.10. The molecule has 0 saturated heterocycles. The van der Waals surface area contributed by atoms with Crippen LogP contribution in [0.5, 0.6) is 0 Å². The molecule has 0 aliphatic heterocycles. The zero-order valence-corrected chi connectivity index (χ0v) is 9.78. The minimum Gasteiger partial charge on any atom is -0.292 e. The maximum atomic E-state index is 13.0. The van der Waals surface area contributed by atoms with E-state index in [0.717, 1.165) is 23.8 Å². The van der Waals surface area contributed by atoms with E-state index in [4.69, 9.17) is 0 Å². The molecule has 0 saturated carbocycles. The first-order chi connectivity index (χ1) is 8.54. The second-order valence-corrected chi connectivity index (χ2v) is 4.10. The third-order valence-electron chi connectivity index (χ3n) is 2.49. The van der Waals surface area contributed by atoms with Gasteiger partial charge in [-0.1, -0.05) is 0 Å². The Bertz CT molecular complexity index is 576. The number of aryl methyl sites for hydroxylation is 1. The minimum atomic E-state index is -0.685. The molecule has 0 aliphatic carbocycles. The van der Waals surface area contributed by atoms with Crippen molar-refractivity contribution in [3.05, 3.63) is 65.0 Å². The Morgan fingerprint density at radius 1 is 1.17 bits per heavy atom. The predicted molar refractivity (Wildman–Crippen MR) is 63.4 cm³/mol. The fraction of sp³-hybridized carbons (Fsp3) is 0.143. The summed E-state index contributed by atoms with van der Waals surface area (Å²) in [6, 6.07) is 6.50.